The van der Waals surface area contributed by atoms with E-state index >= 15 is 0 Å². The highest BCUT2D eigenvalue weighted by Crippen LogP contribution is 2.22. The van der Waals surface area contributed by atoms with Gasteiger partial charge in [0.15, 0.2) is 0 Å². The van der Waals surface area contributed by atoms with E-state index in [0.717, 1.165) is 36.5 Å². The van der Waals surface area contributed by atoms with Crippen molar-refractivity contribution in [2.45, 2.75) is 27.7 Å². The Hall–Kier alpha value is -2.61. The standard InChI is InChI=1S/C26H34N2O2/c1-5-28(16-8-6-7-14-26(2,3)4)17-18-29-19-20-30-25-13-9-11-23(21-25)24-12-10-15-27-22-24/h6,8-13,15,21-22H,5,16-20H2,1-4H3. The van der Waals surface area contributed by atoms with E-state index in [0.29, 0.717) is 19.8 Å². The Morgan fingerprint density at radius 2 is 1.90 bits per heavy atom. The van der Waals surface area contributed by atoms with Gasteiger partial charge in [0.2, 0.25) is 0 Å². The average Bonchev–Trinajstić information content (AvgIpc) is 2.74. The summed E-state index contributed by atoms with van der Waals surface area (Å²) < 4.78 is 11.6. The molecule has 1 aromatic heterocycles. The molecule has 0 N–H and O–H groups in total. The molecular weight excluding hydrogens is 372 g/mol. The van der Waals surface area contributed by atoms with Gasteiger partial charge in [0, 0.05) is 36.5 Å². The molecule has 4 heteroatoms. The van der Waals surface area contributed by atoms with Gasteiger partial charge in [-0.1, -0.05) is 43.0 Å². The van der Waals surface area contributed by atoms with Crippen molar-refractivity contribution in [1.29, 1.82) is 0 Å². The van der Waals surface area contributed by atoms with Crippen LogP contribution in [0, 0.1) is 17.3 Å². The van der Waals surface area contributed by atoms with Crippen LogP contribution in [0.4, 0.5) is 0 Å². The summed E-state index contributed by atoms with van der Waals surface area (Å²) in [5.74, 6) is 7.16. The Morgan fingerprint density at radius 3 is 2.63 bits per heavy atom. The molecule has 0 aliphatic heterocycles. The third kappa shape index (κ3) is 9.73. The van der Waals surface area contributed by atoms with Crippen LogP contribution in [-0.4, -0.2) is 49.3 Å². The van der Waals surface area contributed by atoms with Crippen molar-refractivity contribution in [2.24, 2.45) is 5.41 Å². The molecule has 0 aliphatic rings. The number of likely N-dealkylation sites (N-methyl/N-ethyl adjacent to an activating group) is 1. The first-order valence-electron chi connectivity index (χ1n) is 10.6. The molecule has 0 fully saturated rings. The maximum atomic E-state index is 5.84. The van der Waals surface area contributed by atoms with Gasteiger partial charge in [-0.3, -0.25) is 9.88 Å². The number of hydrogen-bond donors (Lipinski definition) is 0. The predicted octanol–water partition coefficient (Wildman–Crippen LogP) is 5.07. The molecule has 0 unspecified atom stereocenters. The van der Waals surface area contributed by atoms with Crippen molar-refractivity contribution in [3.8, 4) is 28.7 Å². The molecule has 0 saturated carbocycles. The second-order valence-electron chi connectivity index (χ2n) is 8.05. The van der Waals surface area contributed by atoms with Crippen LogP contribution in [0.2, 0.25) is 0 Å². The summed E-state index contributed by atoms with van der Waals surface area (Å²) in [7, 11) is 0. The van der Waals surface area contributed by atoms with Crippen LogP contribution in [0.5, 0.6) is 5.75 Å². The quantitative estimate of drug-likeness (QED) is 0.385. The van der Waals surface area contributed by atoms with E-state index in [1.54, 1.807) is 6.20 Å². The van der Waals surface area contributed by atoms with Gasteiger partial charge in [-0.2, -0.15) is 0 Å². The Morgan fingerprint density at radius 1 is 1.07 bits per heavy atom. The lowest BCUT2D eigenvalue weighted by molar-refractivity contribution is 0.0832. The molecule has 0 saturated heterocycles. The highest BCUT2D eigenvalue weighted by molar-refractivity contribution is 5.63. The normalized spacial score (nSPS) is 11.5. The number of aromatic nitrogens is 1. The van der Waals surface area contributed by atoms with Crippen LogP contribution < -0.4 is 4.74 Å². The summed E-state index contributed by atoms with van der Waals surface area (Å²) in [6.45, 7) is 13.1. The fourth-order valence-corrected chi connectivity index (χ4v) is 2.71. The van der Waals surface area contributed by atoms with Gasteiger partial charge in [-0.05, 0) is 57.2 Å². The van der Waals surface area contributed by atoms with Gasteiger partial charge in [0.25, 0.3) is 0 Å². The molecule has 30 heavy (non-hydrogen) atoms. The Balaban J connectivity index is 1.64. The van der Waals surface area contributed by atoms with Crippen molar-refractivity contribution in [2.75, 3.05) is 39.5 Å². The third-order valence-corrected chi connectivity index (χ3v) is 4.34. The van der Waals surface area contributed by atoms with Crippen molar-refractivity contribution in [3.63, 3.8) is 0 Å². The summed E-state index contributed by atoms with van der Waals surface area (Å²) >= 11 is 0. The lowest BCUT2D eigenvalue weighted by atomic mass is 9.98. The van der Waals surface area contributed by atoms with Crippen molar-refractivity contribution >= 4 is 0 Å². The van der Waals surface area contributed by atoms with E-state index in [9.17, 15) is 0 Å². The fraction of sp³-hybridized carbons (Fsp3) is 0.423. The fourth-order valence-electron chi connectivity index (χ4n) is 2.71. The molecule has 2 rings (SSSR count). The van der Waals surface area contributed by atoms with E-state index in [-0.39, 0.29) is 5.41 Å². The van der Waals surface area contributed by atoms with Crippen LogP contribution in [-0.2, 0) is 4.74 Å². The molecule has 1 heterocycles. The van der Waals surface area contributed by atoms with E-state index < -0.39 is 0 Å². The second-order valence-corrected chi connectivity index (χ2v) is 8.05. The number of allylic oxidation sites excluding steroid dienone is 1. The number of benzene rings is 1. The van der Waals surface area contributed by atoms with Crippen molar-refractivity contribution in [1.82, 2.24) is 9.88 Å². The lowest BCUT2D eigenvalue weighted by Gasteiger charge is -2.18. The molecule has 2 aromatic rings. The smallest absolute Gasteiger partial charge is 0.120 e. The molecular formula is C26H34N2O2. The highest BCUT2D eigenvalue weighted by Gasteiger charge is 2.03. The number of rotatable bonds is 11. The molecule has 0 radical (unpaired) electrons. The molecule has 0 spiro atoms. The molecule has 0 aliphatic carbocycles. The van der Waals surface area contributed by atoms with Gasteiger partial charge in [-0.25, -0.2) is 0 Å². The number of pyridine rings is 1. The maximum absolute atomic E-state index is 5.84. The first kappa shape index (κ1) is 23.7. The monoisotopic (exact) mass is 406 g/mol. The largest absolute Gasteiger partial charge is 0.491 e. The van der Waals surface area contributed by atoms with Gasteiger partial charge in [-0.15, -0.1) is 0 Å². The van der Waals surface area contributed by atoms with Crippen LogP contribution in [0.15, 0.2) is 60.9 Å². The molecule has 4 nitrogen and oxygen atoms in total. The molecule has 0 amide bonds. The summed E-state index contributed by atoms with van der Waals surface area (Å²) in [4.78, 5) is 6.50. The first-order chi connectivity index (χ1) is 14.5. The summed E-state index contributed by atoms with van der Waals surface area (Å²) in [5, 5.41) is 0. The maximum Gasteiger partial charge on any atom is 0.120 e. The van der Waals surface area contributed by atoms with Crippen LogP contribution in [0.3, 0.4) is 0 Å². The minimum atomic E-state index is 0.0464. The number of hydrogen-bond acceptors (Lipinski definition) is 4. The zero-order chi connectivity index (χ0) is 21.7. The van der Waals surface area contributed by atoms with Gasteiger partial charge >= 0.3 is 0 Å². The van der Waals surface area contributed by atoms with Crippen molar-refractivity contribution in [3.05, 3.63) is 60.9 Å². The third-order valence-electron chi connectivity index (χ3n) is 4.34. The molecule has 1 aromatic carbocycles. The van der Waals surface area contributed by atoms with Gasteiger partial charge < -0.3 is 9.47 Å². The van der Waals surface area contributed by atoms with E-state index in [2.05, 4.69) is 61.6 Å². The van der Waals surface area contributed by atoms with E-state index in [1.165, 1.54) is 0 Å². The Kier molecular flexibility index (Phi) is 10.1. The first-order valence-corrected chi connectivity index (χ1v) is 10.6. The number of ether oxygens (including phenoxy) is 2. The van der Waals surface area contributed by atoms with Crippen LogP contribution in [0.1, 0.15) is 27.7 Å². The minimum Gasteiger partial charge on any atom is -0.491 e. The van der Waals surface area contributed by atoms with Gasteiger partial charge in [0.05, 0.1) is 13.2 Å². The zero-order valence-electron chi connectivity index (χ0n) is 18.7. The van der Waals surface area contributed by atoms with E-state index in [4.69, 9.17) is 9.47 Å². The lowest BCUT2D eigenvalue weighted by Crippen LogP contribution is -2.28. The van der Waals surface area contributed by atoms with Crippen molar-refractivity contribution < 1.29 is 9.47 Å². The predicted molar refractivity (Wildman–Crippen MR) is 124 cm³/mol. The molecule has 0 bridgehead atoms. The number of nitrogens with zero attached hydrogens (tertiary/aromatic N) is 2. The highest BCUT2D eigenvalue weighted by atomic mass is 16.5. The second kappa shape index (κ2) is 12.8. The topological polar surface area (TPSA) is 34.6 Å². The summed E-state index contributed by atoms with van der Waals surface area (Å²) in [6.07, 6.45) is 7.69. The average molecular weight is 407 g/mol. The SMILES string of the molecule is CCN(CC=CC#CC(C)(C)C)CCOCCOc1cccc(-c2cccnc2)c1. The van der Waals surface area contributed by atoms with Crippen LogP contribution in [0.25, 0.3) is 11.1 Å². The van der Waals surface area contributed by atoms with Crippen LogP contribution >= 0.6 is 0 Å². The summed E-state index contributed by atoms with van der Waals surface area (Å²) in [5.41, 5.74) is 2.22. The molecule has 0 atom stereocenters. The zero-order valence-corrected chi connectivity index (χ0v) is 18.7. The summed E-state index contributed by atoms with van der Waals surface area (Å²) in [6, 6.07) is 12.0. The minimum absolute atomic E-state index is 0.0464. The Labute approximate surface area is 181 Å². The van der Waals surface area contributed by atoms with E-state index in [1.807, 2.05) is 42.6 Å². The molecule has 160 valence electrons. The Bertz CT molecular complexity index is 829. The van der Waals surface area contributed by atoms with Gasteiger partial charge in [0.1, 0.15) is 12.4 Å².